The van der Waals surface area contributed by atoms with Crippen molar-refractivity contribution in [3.05, 3.63) is 17.7 Å². The lowest BCUT2D eigenvalue weighted by molar-refractivity contribution is -0.193. The Balaban J connectivity index is 1.76. The highest BCUT2D eigenvalue weighted by atomic mass is 31.1. The molecule has 3 aliphatic heterocycles. The second-order valence-electron chi connectivity index (χ2n) is 6.31. The minimum atomic E-state index is -1.91. The standard InChI is InChI=1S/C13H17N7O5P/c1-26(22)24-5-12-4-23-8(7(12)21)13(3-14,25-12)6-2-17-10-9(15)18-11(16)19-20(6)10/h2,7-9,21H,4-5,15H2,1H3,(H3,16,18,19)/q+1/t7-,8+,9?,12+,13-/m0/s1. The van der Waals surface area contributed by atoms with Crippen molar-refractivity contribution in [2.24, 2.45) is 16.5 Å². The summed E-state index contributed by atoms with van der Waals surface area (Å²) in [5, 5.41) is 20.6. The number of nitriles is 1. The van der Waals surface area contributed by atoms with Crippen LogP contribution in [-0.2, 0) is 24.2 Å². The molecule has 2 saturated heterocycles. The fourth-order valence-electron chi connectivity index (χ4n) is 3.50. The van der Waals surface area contributed by atoms with Gasteiger partial charge in [0.15, 0.2) is 24.3 Å². The number of hydrogen-bond acceptors (Lipinski definition) is 11. The van der Waals surface area contributed by atoms with Crippen molar-refractivity contribution in [3.8, 4) is 6.07 Å². The summed E-state index contributed by atoms with van der Waals surface area (Å²) in [7, 11) is -1.91. The van der Waals surface area contributed by atoms with Crippen LogP contribution in [0.25, 0.3) is 0 Å². The van der Waals surface area contributed by atoms with Gasteiger partial charge in [0.2, 0.25) is 11.6 Å². The zero-order chi connectivity index (χ0) is 18.7. The van der Waals surface area contributed by atoms with Gasteiger partial charge in [0, 0.05) is 0 Å². The highest BCUT2D eigenvalue weighted by molar-refractivity contribution is 7.38. The second-order valence-corrected chi connectivity index (χ2v) is 7.45. The molecule has 1 aromatic rings. The summed E-state index contributed by atoms with van der Waals surface area (Å²) in [6.07, 6.45) is -1.58. The number of aliphatic hydroxyl groups excluding tert-OH is 1. The molecule has 6 N–H and O–H groups in total. The molecule has 2 bridgehead atoms. The number of imidazole rings is 1. The van der Waals surface area contributed by atoms with Crippen molar-refractivity contribution in [2.75, 3.05) is 25.3 Å². The number of aliphatic hydroxyl groups is 1. The van der Waals surface area contributed by atoms with Gasteiger partial charge in [-0.2, -0.15) is 5.26 Å². The molecule has 1 aromatic heterocycles. The molecule has 0 saturated carbocycles. The number of nitrogens with zero attached hydrogens (tertiary/aromatic N) is 4. The molecule has 0 aromatic carbocycles. The fraction of sp³-hybridized carbons (Fsp3) is 0.615. The topological polar surface area (TPSA) is 183 Å². The Hall–Kier alpha value is -2.13. The van der Waals surface area contributed by atoms with Crippen molar-refractivity contribution in [1.82, 2.24) is 9.66 Å². The van der Waals surface area contributed by atoms with E-state index in [1.807, 2.05) is 0 Å². The Morgan fingerprint density at radius 3 is 3.15 bits per heavy atom. The van der Waals surface area contributed by atoms with Gasteiger partial charge in [0.25, 0.3) is 0 Å². The molecule has 4 heterocycles. The van der Waals surface area contributed by atoms with Crippen LogP contribution in [0, 0.1) is 11.3 Å². The Labute approximate surface area is 148 Å². The SMILES string of the molecule is C[P+](=O)OC[C@]12CO[C@H]([C@@H]1O)[C@](C#N)(c1cnc3n1NC(N)=NC3N)O2. The molecular weight excluding hydrogens is 365 g/mol. The second kappa shape index (κ2) is 5.68. The molecule has 2 fully saturated rings. The molecule has 6 atom stereocenters. The summed E-state index contributed by atoms with van der Waals surface area (Å²) in [6.45, 7) is 1.21. The smallest absolute Gasteiger partial charge is 0.387 e. The maximum Gasteiger partial charge on any atom is 0.504 e. The van der Waals surface area contributed by atoms with E-state index >= 15 is 0 Å². The number of aliphatic imine (C=N–C) groups is 1. The van der Waals surface area contributed by atoms with Gasteiger partial charge in [-0.25, -0.2) is 14.7 Å². The molecule has 0 aliphatic carbocycles. The highest BCUT2D eigenvalue weighted by Gasteiger charge is 2.71. The maximum atomic E-state index is 11.3. The van der Waals surface area contributed by atoms with Crippen LogP contribution in [0.2, 0.25) is 0 Å². The van der Waals surface area contributed by atoms with E-state index in [2.05, 4.69) is 21.5 Å². The molecule has 0 amide bonds. The van der Waals surface area contributed by atoms with E-state index < -0.39 is 37.6 Å². The first-order chi connectivity index (χ1) is 12.3. The van der Waals surface area contributed by atoms with E-state index in [-0.39, 0.29) is 24.9 Å². The Kier molecular flexibility index (Phi) is 3.78. The molecule has 26 heavy (non-hydrogen) atoms. The van der Waals surface area contributed by atoms with Crippen LogP contribution in [0.1, 0.15) is 17.7 Å². The lowest BCUT2D eigenvalue weighted by Gasteiger charge is -2.35. The van der Waals surface area contributed by atoms with Gasteiger partial charge in [-0.15, -0.1) is 4.52 Å². The van der Waals surface area contributed by atoms with Crippen molar-refractivity contribution < 1.29 is 23.7 Å². The predicted octanol–water partition coefficient (Wildman–Crippen LogP) is -1.65. The van der Waals surface area contributed by atoms with Crippen LogP contribution in [0.15, 0.2) is 11.2 Å². The number of rotatable bonds is 4. The summed E-state index contributed by atoms with van der Waals surface area (Å²) >= 11 is 0. The van der Waals surface area contributed by atoms with Crippen LogP contribution < -0.4 is 16.9 Å². The van der Waals surface area contributed by atoms with E-state index in [0.29, 0.717) is 5.82 Å². The van der Waals surface area contributed by atoms with Crippen LogP contribution in [-0.4, -0.2) is 58.4 Å². The molecule has 4 rings (SSSR count). The van der Waals surface area contributed by atoms with E-state index in [4.69, 9.17) is 25.5 Å². The number of nitrogens with one attached hydrogen (secondary N) is 1. The number of nitrogens with two attached hydrogens (primary N) is 2. The molecule has 0 radical (unpaired) electrons. The zero-order valence-electron chi connectivity index (χ0n) is 13.7. The quantitative estimate of drug-likeness (QED) is 0.440. The average molecular weight is 382 g/mol. The van der Waals surface area contributed by atoms with E-state index in [0.717, 1.165) is 0 Å². The van der Waals surface area contributed by atoms with Gasteiger partial charge < -0.3 is 26.0 Å². The maximum absolute atomic E-state index is 11.3. The monoisotopic (exact) mass is 382 g/mol. The molecule has 2 unspecified atom stereocenters. The molecule has 3 aliphatic rings. The molecule has 0 spiro atoms. The average Bonchev–Trinajstić information content (AvgIpc) is 3.22. The van der Waals surface area contributed by atoms with Gasteiger partial charge in [-0.05, 0) is 4.57 Å². The zero-order valence-corrected chi connectivity index (χ0v) is 14.6. The number of guanidine groups is 1. The lowest BCUT2D eigenvalue weighted by Crippen LogP contribution is -2.49. The largest absolute Gasteiger partial charge is 0.504 e. The van der Waals surface area contributed by atoms with E-state index in [1.54, 1.807) is 0 Å². The first-order valence-electron chi connectivity index (χ1n) is 7.72. The lowest BCUT2D eigenvalue weighted by atomic mass is 9.92. The predicted molar refractivity (Wildman–Crippen MR) is 86.5 cm³/mol. The van der Waals surface area contributed by atoms with Crippen molar-refractivity contribution in [2.45, 2.75) is 29.6 Å². The van der Waals surface area contributed by atoms with Crippen LogP contribution in [0.5, 0.6) is 0 Å². The first kappa shape index (κ1) is 17.3. The van der Waals surface area contributed by atoms with E-state index in [1.165, 1.54) is 17.5 Å². The van der Waals surface area contributed by atoms with E-state index in [9.17, 15) is 14.9 Å². The third-order valence-electron chi connectivity index (χ3n) is 4.69. The number of ether oxygens (including phenoxy) is 2. The number of fused-ring (bicyclic) bond motifs is 3. The van der Waals surface area contributed by atoms with Gasteiger partial charge in [0.1, 0.15) is 30.6 Å². The van der Waals surface area contributed by atoms with Gasteiger partial charge >= 0.3 is 8.03 Å². The van der Waals surface area contributed by atoms with Crippen LogP contribution >= 0.6 is 8.03 Å². The highest BCUT2D eigenvalue weighted by Crippen LogP contribution is 2.52. The summed E-state index contributed by atoms with van der Waals surface area (Å²) < 4.78 is 29.5. The molecule has 12 nitrogen and oxygen atoms in total. The summed E-state index contributed by atoms with van der Waals surface area (Å²) in [4.78, 5) is 8.14. The van der Waals surface area contributed by atoms with Crippen molar-refractivity contribution in [1.29, 1.82) is 5.26 Å². The third-order valence-corrected chi connectivity index (χ3v) is 5.19. The fourth-order valence-corrected chi connectivity index (χ4v) is 3.90. The Morgan fingerprint density at radius 2 is 2.46 bits per heavy atom. The minimum absolute atomic E-state index is 0.00295. The van der Waals surface area contributed by atoms with Crippen LogP contribution in [0.3, 0.4) is 0 Å². The van der Waals surface area contributed by atoms with Crippen molar-refractivity contribution in [3.63, 3.8) is 0 Å². The number of hydrogen-bond donors (Lipinski definition) is 4. The van der Waals surface area contributed by atoms with Gasteiger partial charge in [-0.3, -0.25) is 5.43 Å². The summed E-state index contributed by atoms with van der Waals surface area (Å²) in [5.41, 5.74) is 11.6. The first-order valence-corrected chi connectivity index (χ1v) is 9.34. The number of aromatic nitrogens is 2. The molecule has 138 valence electrons. The van der Waals surface area contributed by atoms with Crippen LogP contribution in [0.4, 0.5) is 0 Å². The van der Waals surface area contributed by atoms with Gasteiger partial charge in [-0.1, -0.05) is 0 Å². The molecular formula is C13H17N7O5P+. The Bertz CT molecular complexity index is 852. The molecule has 13 heteroatoms. The third kappa shape index (κ3) is 2.20. The van der Waals surface area contributed by atoms with Crippen molar-refractivity contribution >= 4 is 14.0 Å². The minimum Gasteiger partial charge on any atom is -0.387 e. The summed E-state index contributed by atoms with van der Waals surface area (Å²) in [6, 6.07) is 2.08. The normalized spacial score (nSPS) is 38.3. The summed E-state index contributed by atoms with van der Waals surface area (Å²) in [5.74, 6) is 0.370. The Morgan fingerprint density at radius 1 is 1.69 bits per heavy atom. The van der Waals surface area contributed by atoms with Gasteiger partial charge in [0.05, 0.1) is 12.8 Å².